The Balaban J connectivity index is 1.97. The van der Waals surface area contributed by atoms with Gasteiger partial charge in [0.2, 0.25) is 0 Å². The van der Waals surface area contributed by atoms with Gasteiger partial charge in [0.05, 0.1) is 16.9 Å². The summed E-state index contributed by atoms with van der Waals surface area (Å²) >= 11 is 6.11. The quantitative estimate of drug-likeness (QED) is 0.309. The van der Waals surface area contributed by atoms with Crippen LogP contribution in [0.5, 0.6) is 5.75 Å². The van der Waals surface area contributed by atoms with E-state index in [-0.39, 0.29) is 34.4 Å². The number of halogens is 6. The van der Waals surface area contributed by atoms with Crippen molar-refractivity contribution in [2.75, 3.05) is 5.32 Å². The van der Waals surface area contributed by atoms with Gasteiger partial charge < -0.3 is 15.5 Å². The molecule has 2 unspecified atom stereocenters. The van der Waals surface area contributed by atoms with E-state index in [2.05, 4.69) is 15.3 Å². The van der Waals surface area contributed by atoms with Crippen molar-refractivity contribution < 1.29 is 32.2 Å². The van der Waals surface area contributed by atoms with Gasteiger partial charge in [0.15, 0.2) is 17.2 Å². The summed E-state index contributed by atoms with van der Waals surface area (Å²) in [5.41, 5.74) is -3.42. The topological polar surface area (TPSA) is 78.3 Å². The molecular formula is C22H19ClF5N3O2. The molecule has 4 rings (SSSR count). The number of hydrogen-bond donors (Lipinski definition) is 3. The van der Waals surface area contributed by atoms with Crippen molar-refractivity contribution >= 4 is 33.9 Å². The van der Waals surface area contributed by atoms with E-state index in [9.17, 15) is 32.2 Å². The lowest BCUT2D eigenvalue weighted by Gasteiger charge is -2.40. The third-order valence-corrected chi connectivity index (χ3v) is 6.38. The van der Waals surface area contributed by atoms with E-state index in [1.54, 1.807) is 13.8 Å². The fraction of sp³-hybridized carbons (Fsp3) is 0.364. The molecule has 11 heteroatoms. The van der Waals surface area contributed by atoms with Gasteiger partial charge in [-0.25, -0.2) is 18.7 Å². The number of nitrogens with zero attached hydrogens (tertiary/aromatic N) is 2. The number of phenolic OH excluding ortho intramolecular Hbond substituents is 1. The zero-order valence-electron chi connectivity index (χ0n) is 17.5. The van der Waals surface area contributed by atoms with Crippen LogP contribution in [-0.4, -0.2) is 32.0 Å². The molecular weight excluding hydrogens is 469 g/mol. The van der Waals surface area contributed by atoms with Gasteiger partial charge in [0, 0.05) is 29.6 Å². The molecule has 1 heterocycles. The minimum atomic E-state index is -4.98. The Hall–Kier alpha value is -2.72. The average molecular weight is 488 g/mol. The maximum absolute atomic E-state index is 14.9. The minimum Gasteiger partial charge on any atom is -0.505 e. The Kier molecular flexibility index (Phi) is 5.65. The first kappa shape index (κ1) is 23.4. The molecule has 0 amide bonds. The van der Waals surface area contributed by atoms with Gasteiger partial charge in [-0.05, 0) is 37.3 Å². The Bertz CT molecular complexity index is 1260. The number of benzene rings is 2. The molecule has 1 aliphatic carbocycles. The summed E-state index contributed by atoms with van der Waals surface area (Å²) in [4.78, 5) is 8.19. The monoisotopic (exact) mass is 487 g/mol. The molecule has 0 spiro atoms. The number of aromatic nitrogens is 2. The smallest absolute Gasteiger partial charge is 0.417 e. The van der Waals surface area contributed by atoms with Crippen LogP contribution in [-0.2, 0) is 6.42 Å². The van der Waals surface area contributed by atoms with Crippen LogP contribution in [0.4, 0.5) is 33.3 Å². The number of aromatic hydroxyl groups is 1. The Labute approximate surface area is 190 Å². The highest BCUT2D eigenvalue weighted by Crippen LogP contribution is 2.53. The van der Waals surface area contributed by atoms with Crippen LogP contribution in [0.15, 0.2) is 18.3 Å². The first-order valence-electron chi connectivity index (χ1n) is 10.1. The summed E-state index contributed by atoms with van der Waals surface area (Å²) in [6, 6.07) is 2.20. The van der Waals surface area contributed by atoms with Gasteiger partial charge >= 0.3 is 6.18 Å². The molecule has 0 bridgehead atoms. The Morgan fingerprint density at radius 1 is 1.27 bits per heavy atom. The molecule has 2 atom stereocenters. The number of fused-ring (bicyclic) bond motifs is 2. The number of rotatable bonds is 3. The van der Waals surface area contributed by atoms with E-state index in [0.717, 1.165) is 12.1 Å². The average Bonchev–Trinajstić information content (AvgIpc) is 2.73. The van der Waals surface area contributed by atoms with Gasteiger partial charge in [0.25, 0.3) is 0 Å². The molecule has 1 aromatic heterocycles. The van der Waals surface area contributed by atoms with Crippen LogP contribution in [0.3, 0.4) is 0 Å². The Morgan fingerprint density at radius 2 is 1.97 bits per heavy atom. The van der Waals surface area contributed by atoms with Crippen molar-refractivity contribution in [3.05, 3.63) is 51.9 Å². The fourth-order valence-electron chi connectivity index (χ4n) is 4.37. The van der Waals surface area contributed by atoms with E-state index in [0.29, 0.717) is 11.2 Å². The summed E-state index contributed by atoms with van der Waals surface area (Å²) in [7, 11) is 0. The first-order chi connectivity index (χ1) is 15.4. The Morgan fingerprint density at radius 3 is 2.61 bits per heavy atom. The van der Waals surface area contributed by atoms with Crippen LogP contribution >= 0.6 is 11.6 Å². The number of alkyl halides is 3. The highest BCUT2D eigenvalue weighted by Gasteiger charge is 2.57. The molecule has 1 aliphatic rings. The summed E-state index contributed by atoms with van der Waals surface area (Å²) in [6.45, 7) is 3.16. The standard InChI is InChI=1S/C22H19ClF5N3O2/c1-3-10-6-21(33,22(26,27)28)7-12-16(10)20(32)18(25)17(23)19(12)31-15-5-11(24)4-14-13(15)8-29-9(2)30-14/h4-5,8,10,31-33H,3,6-7H2,1-2H3. The summed E-state index contributed by atoms with van der Waals surface area (Å²) < 4.78 is 70.4. The normalized spacial score (nSPS) is 20.7. The second kappa shape index (κ2) is 7.95. The molecule has 0 saturated heterocycles. The van der Waals surface area contributed by atoms with Crippen molar-refractivity contribution in [3.8, 4) is 5.75 Å². The van der Waals surface area contributed by atoms with Crippen LogP contribution in [0.1, 0.15) is 42.6 Å². The molecule has 33 heavy (non-hydrogen) atoms. The second-order valence-corrected chi connectivity index (χ2v) is 8.57. The molecule has 0 saturated carbocycles. The third-order valence-electron chi connectivity index (χ3n) is 6.03. The van der Waals surface area contributed by atoms with E-state index in [1.165, 1.54) is 6.20 Å². The van der Waals surface area contributed by atoms with Crippen LogP contribution in [0, 0.1) is 18.6 Å². The molecule has 0 fully saturated rings. The number of aliphatic hydroxyl groups is 1. The van der Waals surface area contributed by atoms with Crippen LogP contribution < -0.4 is 5.32 Å². The predicted molar refractivity (Wildman–Crippen MR) is 113 cm³/mol. The molecule has 0 aliphatic heterocycles. The largest absolute Gasteiger partial charge is 0.505 e. The maximum atomic E-state index is 14.9. The predicted octanol–water partition coefficient (Wildman–Crippen LogP) is 6.05. The molecule has 5 nitrogen and oxygen atoms in total. The van der Waals surface area contributed by atoms with E-state index in [1.807, 2.05) is 0 Å². The number of anilines is 2. The maximum Gasteiger partial charge on any atom is 0.417 e. The van der Waals surface area contributed by atoms with Gasteiger partial charge in [-0.2, -0.15) is 13.2 Å². The van der Waals surface area contributed by atoms with Gasteiger partial charge in [-0.3, -0.25) is 0 Å². The van der Waals surface area contributed by atoms with Gasteiger partial charge in [-0.15, -0.1) is 0 Å². The molecule has 0 radical (unpaired) electrons. The zero-order valence-corrected chi connectivity index (χ0v) is 18.2. The van der Waals surface area contributed by atoms with E-state index < -0.39 is 52.9 Å². The van der Waals surface area contributed by atoms with E-state index >= 15 is 0 Å². The molecule has 176 valence electrons. The molecule has 2 aromatic carbocycles. The number of nitrogens with one attached hydrogen (secondary N) is 1. The minimum absolute atomic E-state index is 0.0355. The van der Waals surface area contributed by atoms with Crippen molar-refractivity contribution in [2.24, 2.45) is 0 Å². The highest BCUT2D eigenvalue weighted by atomic mass is 35.5. The first-order valence-corrected chi connectivity index (χ1v) is 10.5. The fourth-order valence-corrected chi connectivity index (χ4v) is 4.62. The lowest BCUT2D eigenvalue weighted by atomic mass is 9.71. The molecule has 3 N–H and O–H groups in total. The number of phenols is 1. The third kappa shape index (κ3) is 3.85. The van der Waals surface area contributed by atoms with Crippen molar-refractivity contribution in [1.82, 2.24) is 9.97 Å². The SMILES string of the molecule is CCC1CC(O)(C(F)(F)F)Cc2c(Nc3cc(F)cc4nc(C)ncc34)c(Cl)c(F)c(O)c21. The summed E-state index contributed by atoms with van der Waals surface area (Å²) in [6.07, 6.45) is -5.22. The number of hydrogen-bond acceptors (Lipinski definition) is 5. The van der Waals surface area contributed by atoms with Crippen molar-refractivity contribution in [3.63, 3.8) is 0 Å². The van der Waals surface area contributed by atoms with Crippen molar-refractivity contribution in [2.45, 2.75) is 50.8 Å². The lowest BCUT2D eigenvalue weighted by molar-refractivity contribution is -0.265. The van der Waals surface area contributed by atoms with Crippen LogP contribution in [0.25, 0.3) is 10.9 Å². The van der Waals surface area contributed by atoms with Crippen molar-refractivity contribution in [1.29, 1.82) is 0 Å². The highest BCUT2D eigenvalue weighted by molar-refractivity contribution is 6.34. The van der Waals surface area contributed by atoms with Gasteiger partial charge in [-0.1, -0.05) is 18.5 Å². The number of aryl methyl sites for hydroxylation is 1. The summed E-state index contributed by atoms with van der Waals surface area (Å²) in [5, 5.41) is 23.3. The second-order valence-electron chi connectivity index (χ2n) is 8.19. The van der Waals surface area contributed by atoms with E-state index in [4.69, 9.17) is 11.6 Å². The zero-order chi connectivity index (χ0) is 24.3. The lowest BCUT2D eigenvalue weighted by Crippen LogP contribution is -2.50. The molecule has 3 aromatic rings. The summed E-state index contributed by atoms with van der Waals surface area (Å²) in [5.74, 6) is -3.42. The van der Waals surface area contributed by atoms with Crippen LogP contribution in [0.2, 0.25) is 5.02 Å². The van der Waals surface area contributed by atoms with Gasteiger partial charge in [0.1, 0.15) is 16.7 Å².